The van der Waals surface area contributed by atoms with Crippen LogP contribution in [0, 0.1) is 0 Å². The van der Waals surface area contributed by atoms with Crippen molar-refractivity contribution in [3.63, 3.8) is 0 Å². The van der Waals surface area contributed by atoms with Crippen LogP contribution < -0.4 is 16.0 Å². The zero-order valence-corrected chi connectivity index (χ0v) is 24.9. The van der Waals surface area contributed by atoms with Crippen molar-refractivity contribution in [3.8, 4) is 0 Å². The summed E-state index contributed by atoms with van der Waals surface area (Å²) in [5.41, 5.74) is -1.21. The summed E-state index contributed by atoms with van der Waals surface area (Å²) in [6, 6.07) is -2.26. The molecule has 1 aromatic heterocycles. The third-order valence-electron chi connectivity index (χ3n) is 4.61. The number of methoxy groups -OCH3 is 1. The van der Waals surface area contributed by atoms with E-state index in [2.05, 4.69) is 25.7 Å². The lowest BCUT2D eigenvalue weighted by atomic mass is 10.1. The number of aromatic nitrogens is 2. The maximum Gasteiger partial charge on any atom is 0.420 e. The van der Waals surface area contributed by atoms with Crippen molar-refractivity contribution in [3.05, 3.63) is 18.2 Å². The molecule has 14 nitrogen and oxygen atoms in total. The predicted molar refractivity (Wildman–Crippen MR) is 145 cm³/mol. The summed E-state index contributed by atoms with van der Waals surface area (Å²) < 4.78 is 16.3. The first-order chi connectivity index (χ1) is 18.4. The number of esters is 1. The molecule has 0 aliphatic carbocycles. The van der Waals surface area contributed by atoms with Gasteiger partial charge in [-0.2, -0.15) is 0 Å². The predicted octanol–water partition coefficient (Wildman–Crippen LogP) is 1.55. The Labute approximate surface area is 237 Å². The van der Waals surface area contributed by atoms with E-state index in [0.717, 1.165) is 11.7 Å². The van der Waals surface area contributed by atoms with Crippen molar-refractivity contribution in [2.45, 2.75) is 84.6 Å². The van der Waals surface area contributed by atoms with E-state index in [9.17, 15) is 28.8 Å². The van der Waals surface area contributed by atoms with Crippen molar-refractivity contribution in [2.24, 2.45) is 0 Å². The minimum absolute atomic E-state index is 0.0579. The molecule has 0 spiro atoms. The average Bonchev–Trinajstić information content (AvgIpc) is 3.26. The van der Waals surface area contributed by atoms with E-state index in [-0.39, 0.29) is 30.8 Å². The van der Waals surface area contributed by atoms with Gasteiger partial charge in [-0.05, 0) is 41.5 Å². The fraction of sp³-hybridized carbons (Fsp3) is 0.640. The second-order valence-electron chi connectivity index (χ2n) is 10.6. The minimum Gasteiger partial charge on any atom is -0.467 e. The normalized spacial score (nSPS) is 12.9. The maximum atomic E-state index is 13.2. The molecule has 3 N–H and O–H groups in total. The highest BCUT2D eigenvalue weighted by molar-refractivity contribution is 8.13. The van der Waals surface area contributed by atoms with Crippen molar-refractivity contribution in [2.75, 3.05) is 19.4 Å². The maximum absolute atomic E-state index is 13.2. The highest BCUT2D eigenvalue weighted by Crippen LogP contribution is 2.16. The van der Waals surface area contributed by atoms with Gasteiger partial charge >= 0.3 is 18.2 Å². The Kier molecular flexibility index (Phi) is 13.1. The number of ether oxygens (including phenoxy) is 3. The molecule has 0 fully saturated rings. The first kappa shape index (κ1) is 34.4. The van der Waals surface area contributed by atoms with Crippen LogP contribution in [0.5, 0.6) is 0 Å². The zero-order valence-electron chi connectivity index (χ0n) is 24.1. The van der Waals surface area contributed by atoms with Gasteiger partial charge in [0.2, 0.25) is 16.9 Å². The van der Waals surface area contributed by atoms with Gasteiger partial charge in [0.1, 0.15) is 29.6 Å². The molecule has 0 aliphatic rings. The van der Waals surface area contributed by atoms with Gasteiger partial charge in [0.25, 0.3) is 0 Å². The Morgan fingerprint density at radius 3 is 2.15 bits per heavy atom. The highest BCUT2D eigenvalue weighted by atomic mass is 32.2. The second kappa shape index (κ2) is 15.2. The number of carbonyl (C=O) groups excluding carboxylic acids is 6. The summed E-state index contributed by atoms with van der Waals surface area (Å²) in [5.74, 6) is -1.97. The van der Waals surface area contributed by atoms with E-state index in [1.165, 1.54) is 19.4 Å². The molecule has 0 saturated heterocycles. The number of nitrogens with one attached hydrogen (secondary N) is 3. The number of thioether (sulfide) groups is 1. The molecule has 3 amide bonds. The van der Waals surface area contributed by atoms with Crippen molar-refractivity contribution in [1.29, 1.82) is 0 Å². The van der Waals surface area contributed by atoms with Crippen LogP contribution in [0.3, 0.4) is 0 Å². The quantitative estimate of drug-likeness (QED) is 0.253. The molecule has 1 heterocycles. The largest absolute Gasteiger partial charge is 0.467 e. The number of rotatable bonds is 11. The fourth-order valence-corrected chi connectivity index (χ4v) is 3.93. The van der Waals surface area contributed by atoms with E-state index >= 15 is 0 Å². The summed E-state index contributed by atoms with van der Waals surface area (Å²) in [7, 11) is 1.15. The van der Waals surface area contributed by atoms with Gasteiger partial charge in [0, 0.05) is 38.3 Å². The third kappa shape index (κ3) is 13.4. The Morgan fingerprint density at radius 2 is 1.60 bits per heavy atom. The molecule has 0 aromatic carbocycles. The van der Waals surface area contributed by atoms with Crippen LogP contribution in [0.4, 0.5) is 9.59 Å². The van der Waals surface area contributed by atoms with Crippen LogP contribution in [0.25, 0.3) is 0 Å². The van der Waals surface area contributed by atoms with E-state index in [1.807, 2.05) is 0 Å². The van der Waals surface area contributed by atoms with E-state index < -0.39 is 58.4 Å². The van der Waals surface area contributed by atoms with Gasteiger partial charge in [-0.1, -0.05) is 11.8 Å². The lowest BCUT2D eigenvalue weighted by Gasteiger charge is -2.22. The summed E-state index contributed by atoms with van der Waals surface area (Å²) >= 11 is 0.697. The molecule has 1 rings (SSSR count). The number of imidazole rings is 1. The highest BCUT2D eigenvalue weighted by Gasteiger charge is 2.29. The van der Waals surface area contributed by atoms with E-state index in [0.29, 0.717) is 11.8 Å². The summed E-state index contributed by atoms with van der Waals surface area (Å²) in [6.45, 7) is 11.4. The SMILES string of the molecule is COC(=O)C(CSC(=O)C(Cc1cncn1C(=O)OC(C)(C)C)NC(=O)CCNC(=O)OC(C)(C)C)NC(C)=O. The topological polar surface area (TPSA) is 184 Å². The van der Waals surface area contributed by atoms with Crippen LogP contribution in [-0.4, -0.2) is 87.3 Å². The van der Waals surface area contributed by atoms with Crippen molar-refractivity contribution >= 4 is 46.8 Å². The van der Waals surface area contributed by atoms with Crippen LogP contribution in [0.1, 0.15) is 60.6 Å². The minimum atomic E-state index is -1.16. The monoisotopic (exact) mass is 585 g/mol. The molecule has 2 atom stereocenters. The van der Waals surface area contributed by atoms with Gasteiger partial charge in [-0.15, -0.1) is 0 Å². The summed E-state index contributed by atoms with van der Waals surface area (Å²) in [5, 5.41) is 6.92. The number of hydrogen-bond acceptors (Lipinski definition) is 11. The molecule has 2 unspecified atom stereocenters. The Balaban J connectivity index is 3.03. The van der Waals surface area contributed by atoms with E-state index in [1.54, 1.807) is 41.5 Å². The number of amides is 3. The molecular formula is C25H39N5O9S. The first-order valence-electron chi connectivity index (χ1n) is 12.4. The molecule has 0 radical (unpaired) electrons. The summed E-state index contributed by atoms with van der Waals surface area (Å²) in [4.78, 5) is 77.8. The first-order valence-corrected chi connectivity index (χ1v) is 13.4. The standard InChI is InChI=1S/C25H39N5O9S/c1-15(31)28-18(20(33)37-8)13-40-21(34)17(29-19(32)9-10-27-22(35)38-24(2,3)4)11-16-12-26-14-30(16)23(36)39-25(5,6)7/h12,14,17-18H,9-11,13H2,1-8H3,(H,27,35)(H,28,31)(H,29,32). The van der Waals surface area contributed by atoms with Crippen molar-refractivity contribution < 1.29 is 43.0 Å². The van der Waals surface area contributed by atoms with Gasteiger partial charge in [0.05, 0.1) is 12.8 Å². The zero-order chi connectivity index (χ0) is 30.7. The molecule has 0 saturated carbocycles. The van der Waals surface area contributed by atoms with Gasteiger partial charge < -0.3 is 30.2 Å². The molecule has 15 heteroatoms. The molecule has 40 heavy (non-hydrogen) atoms. The van der Waals surface area contributed by atoms with Crippen LogP contribution in [-0.2, 0) is 39.8 Å². The van der Waals surface area contributed by atoms with Gasteiger partial charge in [-0.3, -0.25) is 14.4 Å². The smallest absolute Gasteiger partial charge is 0.420 e. The van der Waals surface area contributed by atoms with Crippen LogP contribution in [0.15, 0.2) is 12.5 Å². The lowest BCUT2D eigenvalue weighted by Crippen LogP contribution is -2.45. The van der Waals surface area contributed by atoms with Gasteiger partial charge in [-0.25, -0.2) is 23.9 Å². The average molecular weight is 586 g/mol. The number of alkyl carbamates (subject to hydrolysis) is 1. The summed E-state index contributed by atoms with van der Waals surface area (Å²) in [6.07, 6.45) is 0.864. The Hall–Kier alpha value is -3.62. The fourth-order valence-electron chi connectivity index (χ4n) is 3.03. The molecule has 224 valence electrons. The lowest BCUT2D eigenvalue weighted by molar-refractivity contribution is -0.144. The number of hydrogen-bond donors (Lipinski definition) is 3. The van der Waals surface area contributed by atoms with Gasteiger partial charge in [0.15, 0.2) is 0 Å². The molecule has 0 bridgehead atoms. The number of nitrogens with zero attached hydrogens (tertiary/aromatic N) is 2. The Bertz CT molecular complexity index is 1080. The molecule has 0 aliphatic heterocycles. The third-order valence-corrected chi connectivity index (χ3v) is 5.68. The second-order valence-corrected chi connectivity index (χ2v) is 11.7. The molecular weight excluding hydrogens is 546 g/mol. The van der Waals surface area contributed by atoms with Crippen LogP contribution >= 0.6 is 11.8 Å². The van der Waals surface area contributed by atoms with Crippen LogP contribution in [0.2, 0.25) is 0 Å². The Morgan fingerprint density at radius 1 is 0.975 bits per heavy atom. The molecule has 1 aromatic rings. The number of carbonyl (C=O) groups is 6. The van der Waals surface area contributed by atoms with Crippen molar-refractivity contribution in [1.82, 2.24) is 25.5 Å². The van der Waals surface area contributed by atoms with E-state index in [4.69, 9.17) is 9.47 Å².